The van der Waals surface area contributed by atoms with Gasteiger partial charge in [0.25, 0.3) is 0 Å². The average Bonchev–Trinajstić information content (AvgIpc) is 2.92. The van der Waals surface area contributed by atoms with Gasteiger partial charge in [-0.1, -0.05) is 12.8 Å². The number of hydrogen-bond acceptors (Lipinski definition) is 2. The fourth-order valence-electron chi connectivity index (χ4n) is 3.21. The second kappa shape index (κ2) is 4.60. The summed E-state index contributed by atoms with van der Waals surface area (Å²) in [4.78, 5) is 4.60. The van der Waals surface area contributed by atoms with Gasteiger partial charge in [-0.25, -0.2) is 9.37 Å². The van der Waals surface area contributed by atoms with Crippen molar-refractivity contribution in [2.75, 3.05) is 0 Å². The molecule has 1 aromatic carbocycles. The summed E-state index contributed by atoms with van der Waals surface area (Å²) in [7, 11) is 0. The molecule has 1 aromatic heterocycles. The zero-order valence-electron chi connectivity index (χ0n) is 11.3. The molecule has 4 heteroatoms. The van der Waals surface area contributed by atoms with Crippen LogP contribution in [0.3, 0.4) is 0 Å². The summed E-state index contributed by atoms with van der Waals surface area (Å²) in [6, 6.07) is 4.80. The molecule has 0 unspecified atom stereocenters. The van der Waals surface area contributed by atoms with Gasteiger partial charge < -0.3 is 10.3 Å². The molecule has 1 aliphatic carbocycles. The third-order valence-electron chi connectivity index (χ3n) is 4.22. The summed E-state index contributed by atoms with van der Waals surface area (Å²) >= 11 is 0. The minimum atomic E-state index is -0.233. The zero-order chi connectivity index (χ0) is 13.5. The Balaban J connectivity index is 2.02. The fraction of sp³-hybridized carbons (Fsp3) is 0.533. The number of nitrogens with two attached hydrogens (primary N) is 1. The summed E-state index contributed by atoms with van der Waals surface area (Å²) in [5.41, 5.74) is 8.06. The number of benzene rings is 1. The van der Waals surface area contributed by atoms with Crippen molar-refractivity contribution < 1.29 is 4.39 Å². The zero-order valence-corrected chi connectivity index (χ0v) is 11.3. The van der Waals surface area contributed by atoms with E-state index >= 15 is 0 Å². The molecule has 1 heterocycles. The normalized spacial score (nSPS) is 18.3. The molecule has 0 aliphatic heterocycles. The van der Waals surface area contributed by atoms with E-state index in [-0.39, 0.29) is 11.4 Å². The van der Waals surface area contributed by atoms with Gasteiger partial charge in [0.15, 0.2) is 0 Å². The molecule has 102 valence electrons. The maximum atomic E-state index is 13.3. The second-order valence-electron chi connectivity index (χ2n) is 5.65. The Labute approximate surface area is 112 Å². The lowest BCUT2D eigenvalue weighted by molar-refractivity contribution is 0.419. The Morgan fingerprint density at radius 3 is 2.79 bits per heavy atom. The molecule has 1 saturated carbocycles. The van der Waals surface area contributed by atoms with E-state index in [0.29, 0.717) is 0 Å². The summed E-state index contributed by atoms with van der Waals surface area (Å²) in [6.07, 6.45) is 5.33. The van der Waals surface area contributed by atoms with Crippen LogP contribution in [0.2, 0.25) is 0 Å². The van der Waals surface area contributed by atoms with Crippen molar-refractivity contribution in [1.29, 1.82) is 0 Å². The van der Waals surface area contributed by atoms with Crippen LogP contribution in [0, 0.1) is 5.82 Å². The summed E-state index contributed by atoms with van der Waals surface area (Å²) in [6.45, 7) is 2.93. The van der Waals surface area contributed by atoms with E-state index in [4.69, 9.17) is 5.73 Å². The Kier molecular flexibility index (Phi) is 3.05. The van der Waals surface area contributed by atoms with Gasteiger partial charge in [-0.05, 0) is 31.9 Å². The van der Waals surface area contributed by atoms with Crippen LogP contribution < -0.4 is 5.73 Å². The van der Waals surface area contributed by atoms with Crippen LogP contribution >= 0.6 is 0 Å². The first-order valence-corrected chi connectivity index (χ1v) is 7.05. The van der Waals surface area contributed by atoms with Crippen molar-refractivity contribution in [3.05, 3.63) is 29.8 Å². The van der Waals surface area contributed by atoms with Gasteiger partial charge in [0.05, 0.1) is 11.0 Å². The fourth-order valence-corrected chi connectivity index (χ4v) is 3.21. The van der Waals surface area contributed by atoms with Gasteiger partial charge in [0, 0.05) is 24.6 Å². The number of aromatic nitrogens is 2. The molecule has 2 aromatic rings. The Hall–Kier alpha value is -1.42. The highest BCUT2D eigenvalue weighted by molar-refractivity contribution is 5.76. The van der Waals surface area contributed by atoms with Crippen LogP contribution in [0.15, 0.2) is 18.2 Å². The van der Waals surface area contributed by atoms with Crippen LogP contribution in [-0.2, 0) is 13.0 Å². The molecule has 0 bridgehead atoms. The molecule has 0 radical (unpaired) electrons. The van der Waals surface area contributed by atoms with Gasteiger partial charge in [-0.2, -0.15) is 0 Å². The average molecular weight is 261 g/mol. The van der Waals surface area contributed by atoms with Crippen molar-refractivity contribution >= 4 is 11.0 Å². The molecule has 2 N–H and O–H groups in total. The minimum Gasteiger partial charge on any atom is -0.328 e. The van der Waals surface area contributed by atoms with Crippen molar-refractivity contribution in [3.8, 4) is 0 Å². The highest BCUT2D eigenvalue weighted by Gasteiger charge is 2.31. The Morgan fingerprint density at radius 1 is 1.37 bits per heavy atom. The van der Waals surface area contributed by atoms with Crippen LogP contribution in [0.5, 0.6) is 0 Å². The van der Waals surface area contributed by atoms with Gasteiger partial charge in [0.2, 0.25) is 0 Å². The van der Waals surface area contributed by atoms with E-state index in [2.05, 4.69) is 16.5 Å². The minimum absolute atomic E-state index is 0.118. The molecular formula is C15H20FN3. The maximum absolute atomic E-state index is 13.3. The largest absolute Gasteiger partial charge is 0.328 e. The van der Waals surface area contributed by atoms with Gasteiger partial charge in [0.1, 0.15) is 11.6 Å². The van der Waals surface area contributed by atoms with Crippen LogP contribution in [0.1, 0.15) is 38.4 Å². The van der Waals surface area contributed by atoms with Crippen molar-refractivity contribution in [1.82, 2.24) is 9.55 Å². The first-order valence-electron chi connectivity index (χ1n) is 7.05. The number of hydrogen-bond donors (Lipinski definition) is 1. The number of aryl methyl sites for hydroxylation is 1. The standard InChI is InChI=1S/C15H20FN3/c1-2-19-13-6-5-11(16)9-12(13)18-14(19)10-15(17)7-3-4-8-15/h5-6,9H,2-4,7-8,10,17H2,1H3. The Bertz CT molecular complexity index is 597. The van der Waals surface area contributed by atoms with Gasteiger partial charge >= 0.3 is 0 Å². The number of nitrogens with zero attached hydrogens (tertiary/aromatic N) is 2. The van der Waals surface area contributed by atoms with E-state index in [1.165, 1.54) is 25.0 Å². The van der Waals surface area contributed by atoms with Crippen molar-refractivity contribution in [2.45, 2.75) is 51.1 Å². The summed E-state index contributed by atoms with van der Waals surface area (Å²) < 4.78 is 15.4. The molecule has 0 spiro atoms. The Morgan fingerprint density at radius 2 is 2.11 bits per heavy atom. The molecule has 1 fully saturated rings. The molecule has 19 heavy (non-hydrogen) atoms. The van der Waals surface area contributed by atoms with Gasteiger partial charge in [-0.15, -0.1) is 0 Å². The lowest BCUT2D eigenvalue weighted by Crippen LogP contribution is -2.39. The lowest BCUT2D eigenvalue weighted by atomic mass is 9.94. The van der Waals surface area contributed by atoms with Crippen molar-refractivity contribution in [3.63, 3.8) is 0 Å². The summed E-state index contributed by atoms with van der Waals surface area (Å²) in [5, 5.41) is 0. The highest BCUT2D eigenvalue weighted by atomic mass is 19.1. The maximum Gasteiger partial charge on any atom is 0.125 e. The first-order chi connectivity index (χ1) is 9.11. The first kappa shape index (κ1) is 12.6. The van der Waals surface area contributed by atoms with E-state index < -0.39 is 0 Å². The predicted octanol–water partition coefficient (Wildman–Crippen LogP) is 3.01. The van der Waals surface area contributed by atoms with E-state index in [1.54, 1.807) is 0 Å². The summed E-state index contributed by atoms with van der Waals surface area (Å²) in [5.74, 6) is 0.760. The third-order valence-corrected chi connectivity index (χ3v) is 4.22. The number of imidazole rings is 1. The number of fused-ring (bicyclic) bond motifs is 1. The molecule has 0 amide bonds. The smallest absolute Gasteiger partial charge is 0.125 e. The molecule has 0 atom stereocenters. The lowest BCUT2D eigenvalue weighted by Gasteiger charge is -2.23. The second-order valence-corrected chi connectivity index (χ2v) is 5.65. The molecular weight excluding hydrogens is 241 g/mol. The van der Waals surface area contributed by atoms with Crippen LogP contribution in [0.25, 0.3) is 11.0 Å². The number of halogens is 1. The third kappa shape index (κ3) is 2.25. The van der Waals surface area contributed by atoms with Gasteiger partial charge in [-0.3, -0.25) is 0 Å². The SMILES string of the molecule is CCn1c(CC2(N)CCCC2)nc2cc(F)ccc21. The topological polar surface area (TPSA) is 43.8 Å². The molecule has 0 saturated heterocycles. The monoisotopic (exact) mass is 261 g/mol. The molecule has 1 aliphatic rings. The molecule has 3 rings (SSSR count). The van der Waals surface area contributed by atoms with E-state index in [1.807, 2.05) is 6.07 Å². The van der Waals surface area contributed by atoms with Crippen molar-refractivity contribution in [2.24, 2.45) is 5.73 Å². The highest BCUT2D eigenvalue weighted by Crippen LogP contribution is 2.31. The molecule has 3 nitrogen and oxygen atoms in total. The number of rotatable bonds is 3. The van der Waals surface area contributed by atoms with Crippen LogP contribution in [-0.4, -0.2) is 15.1 Å². The van der Waals surface area contributed by atoms with E-state index in [9.17, 15) is 4.39 Å². The van der Waals surface area contributed by atoms with E-state index in [0.717, 1.165) is 42.7 Å². The van der Waals surface area contributed by atoms with Crippen LogP contribution in [0.4, 0.5) is 4.39 Å². The predicted molar refractivity (Wildman–Crippen MR) is 74.5 cm³/mol. The quantitative estimate of drug-likeness (QED) is 0.923.